The summed E-state index contributed by atoms with van der Waals surface area (Å²) in [6.07, 6.45) is 5.18. The molecule has 1 atom stereocenters. The number of pyridine rings is 1. The average Bonchev–Trinajstić information content (AvgIpc) is 3.11. The molecule has 1 saturated heterocycles. The lowest BCUT2D eigenvalue weighted by Crippen LogP contribution is -2.43. The van der Waals surface area contributed by atoms with Crippen LogP contribution in [0, 0.1) is 11.3 Å². The predicted molar refractivity (Wildman–Crippen MR) is 99.6 cm³/mol. The zero-order valence-corrected chi connectivity index (χ0v) is 14.8. The first-order valence-corrected chi connectivity index (χ1v) is 8.61. The Balaban J connectivity index is 1.50. The molecule has 1 unspecified atom stereocenters. The number of nitriles is 1. The quantitative estimate of drug-likeness (QED) is 0.697. The number of nitrogens with zero attached hydrogens (tertiary/aromatic N) is 7. The molecule has 0 amide bonds. The molecule has 4 rings (SSSR count). The van der Waals surface area contributed by atoms with Crippen molar-refractivity contribution in [1.82, 2.24) is 24.6 Å². The van der Waals surface area contributed by atoms with E-state index in [0.29, 0.717) is 23.1 Å². The zero-order valence-electron chi connectivity index (χ0n) is 14.8. The number of hydrogen-bond donors (Lipinski definition) is 2. The summed E-state index contributed by atoms with van der Waals surface area (Å²) in [4.78, 5) is 15.2. The summed E-state index contributed by atoms with van der Waals surface area (Å²) in [6.45, 7) is 1.60. The van der Waals surface area contributed by atoms with Crippen LogP contribution >= 0.6 is 0 Å². The molecule has 1 fully saturated rings. The molecule has 0 saturated carbocycles. The van der Waals surface area contributed by atoms with Gasteiger partial charge in [0.2, 0.25) is 17.8 Å². The molecule has 0 spiro atoms. The number of nitrogen functional groups attached to an aromatic ring is 1. The minimum atomic E-state index is 0.132. The summed E-state index contributed by atoms with van der Waals surface area (Å²) >= 11 is 0. The highest BCUT2D eigenvalue weighted by Gasteiger charge is 2.24. The van der Waals surface area contributed by atoms with Gasteiger partial charge in [-0.05, 0) is 25.0 Å². The average molecular weight is 365 g/mol. The van der Waals surface area contributed by atoms with E-state index < -0.39 is 0 Å². The van der Waals surface area contributed by atoms with Crippen molar-refractivity contribution in [3.63, 3.8) is 0 Å². The predicted octanol–water partition coefficient (Wildman–Crippen LogP) is 1.06. The Morgan fingerprint density at radius 1 is 1.37 bits per heavy atom. The zero-order chi connectivity index (χ0) is 18.8. The fraction of sp³-hybridized carbons (Fsp3) is 0.353. The van der Waals surface area contributed by atoms with Crippen LogP contribution in [0.4, 0.5) is 17.6 Å². The summed E-state index contributed by atoms with van der Waals surface area (Å²) in [6, 6.07) is 5.80. The highest BCUT2D eigenvalue weighted by atomic mass is 16.5. The van der Waals surface area contributed by atoms with E-state index in [1.165, 1.54) is 13.3 Å². The van der Waals surface area contributed by atoms with Gasteiger partial charge in [-0.3, -0.25) is 0 Å². The van der Waals surface area contributed by atoms with Gasteiger partial charge in [0.1, 0.15) is 11.6 Å². The van der Waals surface area contributed by atoms with Crippen LogP contribution in [-0.4, -0.2) is 50.8 Å². The van der Waals surface area contributed by atoms with Crippen LogP contribution < -0.4 is 20.7 Å². The van der Waals surface area contributed by atoms with Crippen molar-refractivity contribution < 1.29 is 4.74 Å². The normalized spacial score (nSPS) is 16.9. The van der Waals surface area contributed by atoms with Gasteiger partial charge in [0.15, 0.2) is 5.65 Å². The number of anilines is 3. The monoisotopic (exact) mass is 365 g/mol. The molecule has 3 aromatic heterocycles. The lowest BCUT2D eigenvalue weighted by atomic mass is 10.1. The molecule has 1 aliphatic heterocycles. The second kappa shape index (κ2) is 6.95. The summed E-state index contributed by atoms with van der Waals surface area (Å²) < 4.78 is 6.83. The van der Waals surface area contributed by atoms with Crippen LogP contribution in [0.1, 0.15) is 18.4 Å². The lowest BCUT2D eigenvalue weighted by molar-refractivity contribution is 0.395. The standard InChI is InChI=1S/C17H19N9O/c1-27-15-11(7-18)8-20-16(23-15)21-13-3-2-6-25(10-13)17-22-14-5-4-12(19)9-26(14)24-17/h4-5,8-9,13H,2-3,6,10,19H2,1H3,(H,20,21,23). The fourth-order valence-corrected chi connectivity index (χ4v) is 3.15. The Morgan fingerprint density at radius 3 is 3.07 bits per heavy atom. The van der Waals surface area contributed by atoms with E-state index in [-0.39, 0.29) is 11.9 Å². The van der Waals surface area contributed by atoms with E-state index in [1.807, 2.05) is 18.2 Å². The first kappa shape index (κ1) is 16.8. The molecule has 138 valence electrons. The van der Waals surface area contributed by atoms with E-state index in [1.54, 1.807) is 10.7 Å². The first-order chi connectivity index (χ1) is 13.2. The topological polar surface area (TPSA) is 130 Å². The van der Waals surface area contributed by atoms with Crippen molar-refractivity contribution in [1.29, 1.82) is 5.26 Å². The Kier molecular flexibility index (Phi) is 4.33. The fourth-order valence-electron chi connectivity index (χ4n) is 3.15. The Bertz CT molecular complexity index is 1010. The van der Waals surface area contributed by atoms with E-state index >= 15 is 0 Å². The van der Waals surface area contributed by atoms with Gasteiger partial charge in [-0.2, -0.15) is 15.2 Å². The minimum absolute atomic E-state index is 0.132. The lowest BCUT2D eigenvalue weighted by Gasteiger charge is -2.32. The summed E-state index contributed by atoms with van der Waals surface area (Å²) in [7, 11) is 1.48. The molecule has 0 bridgehead atoms. The summed E-state index contributed by atoms with van der Waals surface area (Å²) in [5, 5.41) is 16.9. The molecule has 10 nitrogen and oxygen atoms in total. The Morgan fingerprint density at radius 2 is 2.26 bits per heavy atom. The molecule has 4 heterocycles. The van der Waals surface area contributed by atoms with E-state index in [9.17, 15) is 0 Å². The summed E-state index contributed by atoms with van der Waals surface area (Å²) in [5.41, 5.74) is 7.52. The third-order valence-electron chi connectivity index (χ3n) is 4.45. The van der Waals surface area contributed by atoms with Gasteiger partial charge >= 0.3 is 0 Å². The molecule has 0 aliphatic carbocycles. The van der Waals surface area contributed by atoms with E-state index in [4.69, 9.17) is 15.7 Å². The third-order valence-corrected chi connectivity index (χ3v) is 4.45. The molecule has 1 aliphatic rings. The van der Waals surface area contributed by atoms with Crippen molar-refractivity contribution in [3.05, 3.63) is 30.1 Å². The van der Waals surface area contributed by atoms with Crippen molar-refractivity contribution >= 4 is 23.2 Å². The number of nitrogens with two attached hydrogens (primary N) is 1. The van der Waals surface area contributed by atoms with Crippen molar-refractivity contribution in [3.8, 4) is 11.9 Å². The van der Waals surface area contributed by atoms with Crippen molar-refractivity contribution in [2.24, 2.45) is 0 Å². The maximum Gasteiger partial charge on any atom is 0.245 e. The van der Waals surface area contributed by atoms with Crippen LogP contribution in [0.3, 0.4) is 0 Å². The van der Waals surface area contributed by atoms with E-state index in [2.05, 4.69) is 30.3 Å². The van der Waals surface area contributed by atoms with Crippen molar-refractivity contribution in [2.45, 2.75) is 18.9 Å². The van der Waals surface area contributed by atoms with Gasteiger partial charge in [-0.25, -0.2) is 9.50 Å². The molecule has 3 aromatic rings. The molecule has 0 aromatic carbocycles. The Hall–Kier alpha value is -3.61. The number of methoxy groups -OCH3 is 1. The van der Waals surface area contributed by atoms with Crippen LogP contribution in [-0.2, 0) is 0 Å². The highest BCUT2D eigenvalue weighted by molar-refractivity contribution is 5.50. The molecule has 10 heteroatoms. The van der Waals surface area contributed by atoms with E-state index in [0.717, 1.165) is 31.6 Å². The van der Waals surface area contributed by atoms with Gasteiger partial charge in [-0.1, -0.05) is 0 Å². The third kappa shape index (κ3) is 3.39. The minimum Gasteiger partial charge on any atom is -0.480 e. The number of aromatic nitrogens is 5. The largest absolute Gasteiger partial charge is 0.480 e. The molecule has 3 N–H and O–H groups in total. The van der Waals surface area contributed by atoms with Gasteiger partial charge in [0.05, 0.1) is 25.2 Å². The second-order valence-corrected chi connectivity index (χ2v) is 6.33. The number of fused-ring (bicyclic) bond motifs is 1. The smallest absolute Gasteiger partial charge is 0.245 e. The van der Waals surface area contributed by atoms with Gasteiger partial charge < -0.3 is 20.7 Å². The molecular formula is C17H19N9O. The second-order valence-electron chi connectivity index (χ2n) is 6.33. The van der Waals surface area contributed by atoms with Crippen LogP contribution in [0.5, 0.6) is 5.88 Å². The first-order valence-electron chi connectivity index (χ1n) is 8.61. The molecule has 27 heavy (non-hydrogen) atoms. The summed E-state index contributed by atoms with van der Waals surface area (Å²) in [5.74, 6) is 1.38. The number of ether oxygens (including phenoxy) is 1. The highest BCUT2D eigenvalue weighted by Crippen LogP contribution is 2.21. The van der Waals surface area contributed by atoms with Crippen molar-refractivity contribution in [2.75, 3.05) is 36.1 Å². The Labute approximate surface area is 155 Å². The van der Waals surface area contributed by atoms with Crippen LogP contribution in [0.25, 0.3) is 5.65 Å². The number of hydrogen-bond acceptors (Lipinski definition) is 9. The molecule has 0 radical (unpaired) electrons. The van der Waals surface area contributed by atoms with Gasteiger partial charge in [-0.15, -0.1) is 5.10 Å². The number of piperidine rings is 1. The maximum atomic E-state index is 9.04. The van der Waals surface area contributed by atoms with Gasteiger partial charge in [0, 0.05) is 19.1 Å². The molecular weight excluding hydrogens is 346 g/mol. The SMILES string of the molecule is COc1nc(NC2CCCN(c3nc4ccc(N)cn4n3)C2)ncc1C#N. The number of rotatable bonds is 4. The number of nitrogens with one attached hydrogen (secondary N) is 1. The maximum absolute atomic E-state index is 9.04. The van der Waals surface area contributed by atoms with Crippen LogP contribution in [0.2, 0.25) is 0 Å². The van der Waals surface area contributed by atoms with Gasteiger partial charge in [0.25, 0.3) is 0 Å². The van der Waals surface area contributed by atoms with Crippen LogP contribution in [0.15, 0.2) is 24.5 Å².